The van der Waals surface area contributed by atoms with Crippen LogP contribution in [0.25, 0.3) is 0 Å². The van der Waals surface area contributed by atoms with Crippen molar-refractivity contribution in [2.45, 2.75) is 25.3 Å². The summed E-state index contributed by atoms with van der Waals surface area (Å²) in [4.78, 5) is 13.1. The zero-order chi connectivity index (χ0) is 30.3. The molecule has 4 aromatic rings. The summed E-state index contributed by atoms with van der Waals surface area (Å²) in [7, 11) is -2.52. The first-order valence-corrected chi connectivity index (χ1v) is 15.4. The topological polar surface area (TPSA) is 97.3 Å². The Morgan fingerprint density at radius 1 is 1.02 bits per heavy atom. The maximum atomic E-state index is 13.6. The number of amides is 1. The molecule has 8 nitrogen and oxygen atoms in total. The Morgan fingerprint density at radius 2 is 1.74 bits per heavy atom. The maximum absolute atomic E-state index is 13.6. The Labute approximate surface area is 259 Å². The number of nitrogens with one attached hydrogen (secondary N) is 1. The number of aryl methyl sites for hydroxylation is 2. The van der Waals surface area contributed by atoms with Gasteiger partial charge in [-0.15, -0.1) is 0 Å². The van der Waals surface area contributed by atoms with Crippen molar-refractivity contribution in [3.8, 4) is 11.5 Å². The Morgan fingerprint density at radius 3 is 2.45 bits per heavy atom. The Kier molecular flexibility index (Phi) is 10.3. The van der Waals surface area contributed by atoms with Crippen LogP contribution in [-0.2, 0) is 21.4 Å². The summed E-state index contributed by atoms with van der Waals surface area (Å²) >= 11 is 9.74. The van der Waals surface area contributed by atoms with Crippen LogP contribution >= 0.6 is 27.5 Å². The lowest BCUT2D eigenvalue weighted by Crippen LogP contribution is -2.40. The van der Waals surface area contributed by atoms with Crippen molar-refractivity contribution in [1.29, 1.82) is 0 Å². The molecular formula is C31H29BrClN3O5S. The molecule has 1 N–H and O–H groups in total. The SMILES string of the molecule is COc1cc(/C=N\NC(=O)CN(c2cc(C)ccc2C)S(=O)(=O)c2ccccc2)cc(Br)c1OCc1ccccc1Cl. The van der Waals surface area contributed by atoms with Crippen molar-refractivity contribution in [2.75, 3.05) is 18.0 Å². The molecule has 0 bridgehead atoms. The molecule has 0 saturated carbocycles. The highest BCUT2D eigenvalue weighted by Crippen LogP contribution is 2.37. The highest BCUT2D eigenvalue weighted by molar-refractivity contribution is 9.10. The second kappa shape index (κ2) is 13.9. The molecule has 0 atom stereocenters. The highest BCUT2D eigenvalue weighted by Gasteiger charge is 2.28. The van der Waals surface area contributed by atoms with Gasteiger partial charge in [0.25, 0.3) is 15.9 Å². The number of hydrogen-bond acceptors (Lipinski definition) is 6. The molecular weight excluding hydrogens is 642 g/mol. The van der Waals surface area contributed by atoms with E-state index < -0.39 is 22.5 Å². The fourth-order valence-corrected chi connectivity index (χ4v) is 6.33. The van der Waals surface area contributed by atoms with Gasteiger partial charge >= 0.3 is 0 Å². The lowest BCUT2D eigenvalue weighted by atomic mass is 10.1. The average molecular weight is 671 g/mol. The molecule has 11 heteroatoms. The number of carbonyl (C=O) groups is 1. The number of ether oxygens (including phenoxy) is 2. The van der Waals surface area contributed by atoms with Crippen LogP contribution < -0.4 is 19.2 Å². The first kappa shape index (κ1) is 31.1. The predicted octanol–water partition coefficient (Wildman–Crippen LogP) is 6.65. The predicted molar refractivity (Wildman–Crippen MR) is 169 cm³/mol. The summed E-state index contributed by atoms with van der Waals surface area (Å²) in [6.45, 7) is 3.42. The number of benzene rings is 4. The lowest BCUT2D eigenvalue weighted by Gasteiger charge is -2.25. The molecule has 0 fully saturated rings. The summed E-state index contributed by atoms with van der Waals surface area (Å²) in [6.07, 6.45) is 1.43. The molecule has 0 saturated heterocycles. The number of nitrogens with zero attached hydrogens (tertiary/aromatic N) is 2. The van der Waals surface area contributed by atoms with E-state index in [1.165, 1.54) is 25.5 Å². The van der Waals surface area contributed by atoms with Gasteiger partial charge in [-0.25, -0.2) is 13.8 Å². The van der Waals surface area contributed by atoms with Gasteiger partial charge in [0.05, 0.1) is 28.4 Å². The first-order chi connectivity index (χ1) is 20.1. The minimum atomic E-state index is -4.04. The Bertz CT molecular complexity index is 1720. The summed E-state index contributed by atoms with van der Waals surface area (Å²) in [6, 6.07) is 24.3. The maximum Gasteiger partial charge on any atom is 0.264 e. The smallest absolute Gasteiger partial charge is 0.264 e. The van der Waals surface area contributed by atoms with Crippen molar-refractivity contribution in [3.63, 3.8) is 0 Å². The average Bonchev–Trinajstić information content (AvgIpc) is 2.97. The molecule has 0 radical (unpaired) electrons. The van der Waals surface area contributed by atoms with Crippen molar-refractivity contribution >= 4 is 55.4 Å². The van der Waals surface area contributed by atoms with E-state index in [0.717, 1.165) is 15.4 Å². The van der Waals surface area contributed by atoms with Crippen LogP contribution in [-0.4, -0.2) is 34.2 Å². The molecule has 0 heterocycles. The number of methoxy groups -OCH3 is 1. The molecule has 0 aliphatic rings. The standard InChI is InChI=1S/C31H29BrClN3O5S/c1-21-13-14-22(2)28(15-21)36(42(38,39)25-10-5-4-6-11-25)19-30(37)35-34-18-23-16-26(32)31(29(17-23)40-3)41-20-24-9-7-8-12-27(24)33/h4-18H,19-20H2,1-3H3,(H,35,37)/b34-18-. The minimum absolute atomic E-state index is 0.0796. The van der Waals surface area contributed by atoms with Gasteiger partial charge in [-0.3, -0.25) is 9.10 Å². The molecule has 4 rings (SSSR count). The second-order valence-corrected chi connectivity index (χ2v) is 12.4. The number of hydrazone groups is 1. The summed E-state index contributed by atoms with van der Waals surface area (Å²) < 4.78 is 40.4. The van der Waals surface area contributed by atoms with Gasteiger partial charge in [-0.05, 0) is 82.9 Å². The Balaban J connectivity index is 1.51. The van der Waals surface area contributed by atoms with Crippen molar-refractivity contribution in [3.05, 3.63) is 117 Å². The van der Waals surface area contributed by atoms with Gasteiger partial charge in [-0.2, -0.15) is 5.10 Å². The zero-order valence-corrected chi connectivity index (χ0v) is 26.3. The Hall–Kier alpha value is -3.86. The molecule has 1 amide bonds. The van der Waals surface area contributed by atoms with E-state index in [-0.39, 0.29) is 11.5 Å². The number of rotatable bonds is 11. The monoisotopic (exact) mass is 669 g/mol. The van der Waals surface area contributed by atoms with Gasteiger partial charge in [0.15, 0.2) is 11.5 Å². The van der Waals surface area contributed by atoms with Crippen molar-refractivity contribution in [2.24, 2.45) is 5.10 Å². The van der Waals surface area contributed by atoms with Crippen LogP contribution in [0.5, 0.6) is 11.5 Å². The molecule has 0 aliphatic carbocycles. The molecule has 218 valence electrons. The van der Waals surface area contributed by atoms with Gasteiger partial charge in [0.1, 0.15) is 13.2 Å². The van der Waals surface area contributed by atoms with Crippen molar-refractivity contribution in [1.82, 2.24) is 5.43 Å². The van der Waals surface area contributed by atoms with E-state index in [4.69, 9.17) is 21.1 Å². The normalized spacial score (nSPS) is 11.4. The molecule has 0 spiro atoms. The van der Waals surface area contributed by atoms with Crippen LogP contribution in [0.4, 0.5) is 5.69 Å². The van der Waals surface area contributed by atoms with Crippen LogP contribution in [0.2, 0.25) is 5.02 Å². The fraction of sp³-hybridized carbons (Fsp3) is 0.161. The number of anilines is 1. The molecule has 0 aliphatic heterocycles. The zero-order valence-electron chi connectivity index (χ0n) is 23.2. The largest absolute Gasteiger partial charge is 0.493 e. The summed E-state index contributed by atoms with van der Waals surface area (Å²) in [5.41, 5.74) is 5.86. The number of hydrogen-bond donors (Lipinski definition) is 1. The summed E-state index contributed by atoms with van der Waals surface area (Å²) in [5.74, 6) is 0.311. The van der Waals surface area contributed by atoms with Crippen LogP contribution in [0.15, 0.2) is 99.4 Å². The fourth-order valence-electron chi connectivity index (χ4n) is 4.07. The second-order valence-electron chi connectivity index (χ2n) is 9.32. The highest BCUT2D eigenvalue weighted by atomic mass is 79.9. The van der Waals surface area contributed by atoms with Gasteiger partial charge in [0.2, 0.25) is 0 Å². The van der Waals surface area contributed by atoms with Crippen molar-refractivity contribution < 1.29 is 22.7 Å². The third-order valence-electron chi connectivity index (χ3n) is 6.24. The van der Waals surface area contributed by atoms with E-state index in [9.17, 15) is 13.2 Å². The third-order valence-corrected chi connectivity index (χ3v) is 8.97. The van der Waals surface area contributed by atoms with E-state index >= 15 is 0 Å². The van der Waals surface area contributed by atoms with Gasteiger partial charge < -0.3 is 9.47 Å². The van der Waals surface area contributed by atoms with E-state index in [0.29, 0.717) is 37.8 Å². The van der Waals surface area contributed by atoms with E-state index in [2.05, 4.69) is 26.5 Å². The summed E-state index contributed by atoms with van der Waals surface area (Å²) in [5, 5.41) is 4.65. The number of sulfonamides is 1. The number of carbonyl (C=O) groups excluding carboxylic acids is 1. The first-order valence-electron chi connectivity index (χ1n) is 12.8. The van der Waals surface area contributed by atoms with Crippen LogP contribution in [0.3, 0.4) is 0 Å². The van der Waals surface area contributed by atoms with E-state index in [1.54, 1.807) is 49.4 Å². The minimum Gasteiger partial charge on any atom is -0.493 e. The van der Waals surface area contributed by atoms with E-state index in [1.807, 2.05) is 37.3 Å². The number of halogens is 2. The molecule has 0 unspecified atom stereocenters. The lowest BCUT2D eigenvalue weighted by molar-refractivity contribution is -0.119. The molecule has 0 aromatic heterocycles. The van der Waals surface area contributed by atoms with Gasteiger partial charge in [0, 0.05) is 10.6 Å². The van der Waals surface area contributed by atoms with Crippen LogP contribution in [0.1, 0.15) is 22.3 Å². The van der Waals surface area contributed by atoms with Gasteiger partial charge in [-0.1, -0.05) is 60.1 Å². The molecule has 4 aromatic carbocycles. The van der Waals surface area contributed by atoms with Crippen LogP contribution in [0, 0.1) is 13.8 Å². The quantitative estimate of drug-likeness (QED) is 0.142. The third kappa shape index (κ3) is 7.50. The molecule has 42 heavy (non-hydrogen) atoms.